The molecule has 1 unspecified atom stereocenters. The zero-order chi connectivity index (χ0) is 17.2. The average Bonchev–Trinajstić information content (AvgIpc) is 2.60. The SMILES string of the molecule is Cc1ccccc1OCC#CCNC(=O)C(C)Oc1ccccc1. The third kappa shape index (κ3) is 5.69. The van der Waals surface area contributed by atoms with Gasteiger partial charge in [0.2, 0.25) is 0 Å². The van der Waals surface area contributed by atoms with Crippen molar-refractivity contribution >= 4 is 5.91 Å². The Hall–Kier alpha value is -2.93. The Labute approximate surface area is 142 Å². The van der Waals surface area contributed by atoms with Gasteiger partial charge in [-0.2, -0.15) is 0 Å². The molecule has 2 aromatic carbocycles. The van der Waals surface area contributed by atoms with Crippen LogP contribution in [-0.4, -0.2) is 25.2 Å². The predicted octanol–water partition coefficient (Wildman–Crippen LogP) is 2.96. The smallest absolute Gasteiger partial charge is 0.261 e. The summed E-state index contributed by atoms with van der Waals surface area (Å²) in [6, 6.07) is 17.0. The van der Waals surface area contributed by atoms with E-state index in [-0.39, 0.29) is 19.1 Å². The maximum absolute atomic E-state index is 11.9. The summed E-state index contributed by atoms with van der Waals surface area (Å²) < 4.78 is 11.1. The summed E-state index contributed by atoms with van der Waals surface area (Å²) in [6.45, 7) is 4.24. The summed E-state index contributed by atoms with van der Waals surface area (Å²) in [6.07, 6.45) is -0.572. The van der Waals surface area contributed by atoms with E-state index in [0.29, 0.717) is 5.75 Å². The number of amides is 1. The fourth-order valence-electron chi connectivity index (χ4n) is 1.98. The van der Waals surface area contributed by atoms with Crippen molar-refractivity contribution in [3.05, 3.63) is 60.2 Å². The molecule has 0 spiro atoms. The normalized spacial score (nSPS) is 10.9. The second-order valence-corrected chi connectivity index (χ2v) is 5.20. The van der Waals surface area contributed by atoms with Crippen LogP contribution in [0.1, 0.15) is 12.5 Å². The summed E-state index contributed by atoms with van der Waals surface area (Å²) in [5.41, 5.74) is 1.07. The topological polar surface area (TPSA) is 47.6 Å². The standard InChI is InChI=1S/C20H21NO3/c1-16-10-6-7-13-19(16)23-15-9-8-14-21-20(22)17(2)24-18-11-4-3-5-12-18/h3-7,10-13,17H,14-15H2,1-2H3,(H,21,22). The van der Waals surface area contributed by atoms with E-state index in [2.05, 4.69) is 17.2 Å². The van der Waals surface area contributed by atoms with Gasteiger partial charge in [0.1, 0.15) is 18.1 Å². The highest BCUT2D eigenvalue weighted by molar-refractivity contribution is 5.80. The molecule has 1 amide bonds. The summed E-state index contributed by atoms with van der Waals surface area (Å²) in [5, 5.41) is 2.72. The Morgan fingerprint density at radius 2 is 1.79 bits per heavy atom. The van der Waals surface area contributed by atoms with Gasteiger partial charge in [0, 0.05) is 0 Å². The molecular weight excluding hydrogens is 302 g/mol. The molecule has 0 heterocycles. The highest BCUT2D eigenvalue weighted by atomic mass is 16.5. The molecular formula is C20H21NO3. The van der Waals surface area contributed by atoms with Crippen molar-refractivity contribution in [1.29, 1.82) is 0 Å². The number of nitrogens with one attached hydrogen (secondary N) is 1. The lowest BCUT2D eigenvalue weighted by Gasteiger charge is -2.13. The maximum atomic E-state index is 11.9. The van der Waals surface area contributed by atoms with Crippen molar-refractivity contribution in [2.24, 2.45) is 0 Å². The molecule has 0 aromatic heterocycles. The zero-order valence-electron chi connectivity index (χ0n) is 13.9. The average molecular weight is 323 g/mol. The molecule has 124 valence electrons. The number of carbonyl (C=O) groups is 1. The molecule has 0 saturated heterocycles. The molecule has 0 bridgehead atoms. The molecule has 0 saturated carbocycles. The summed E-state index contributed by atoms with van der Waals surface area (Å²) in [4.78, 5) is 11.9. The Kier molecular flexibility index (Phi) is 6.73. The minimum Gasteiger partial charge on any atom is -0.481 e. The van der Waals surface area contributed by atoms with Gasteiger partial charge in [-0.15, -0.1) is 0 Å². The molecule has 2 aromatic rings. The number of carbonyl (C=O) groups excluding carboxylic acids is 1. The molecule has 0 aliphatic heterocycles. The number of ether oxygens (including phenoxy) is 2. The van der Waals surface area contributed by atoms with Crippen LogP contribution in [-0.2, 0) is 4.79 Å². The summed E-state index contributed by atoms with van der Waals surface area (Å²) in [5.74, 6) is 7.02. The van der Waals surface area contributed by atoms with E-state index in [4.69, 9.17) is 9.47 Å². The van der Waals surface area contributed by atoms with Crippen LogP contribution in [0.3, 0.4) is 0 Å². The van der Waals surface area contributed by atoms with E-state index in [1.165, 1.54) is 0 Å². The molecule has 1 N–H and O–H groups in total. The van der Waals surface area contributed by atoms with E-state index in [9.17, 15) is 4.79 Å². The van der Waals surface area contributed by atoms with Crippen molar-refractivity contribution in [3.8, 4) is 23.3 Å². The first-order chi connectivity index (χ1) is 11.7. The Balaban J connectivity index is 1.68. The van der Waals surface area contributed by atoms with Gasteiger partial charge >= 0.3 is 0 Å². The number of para-hydroxylation sites is 2. The van der Waals surface area contributed by atoms with Crippen molar-refractivity contribution in [3.63, 3.8) is 0 Å². The summed E-state index contributed by atoms with van der Waals surface area (Å²) >= 11 is 0. The van der Waals surface area contributed by atoms with Gasteiger partial charge < -0.3 is 14.8 Å². The first-order valence-corrected chi connectivity index (χ1v) is 7.80. The van der Waals surface area contributed by atoms with E-state index < -0.39 is 6.10 Å². The van der Waals surface area contributed by atoms with Gasteiger partial charge in [0.25, 0.3) is 5.91 Å². The minimum absolute atomic E-state index is 0.201. The monoisotopic (exact) mass is 323 g/mol. The number of aryl methyl sites for hydroxylation is 1. The minimum atomic E-state index is -0.572. The van der Waals surface area contributed by atoms with E-state index in [1.807, 2.05) is 61.5 Å². The number of hydrogen-bond acceptors (Lipinski definition) is 3. The lowest BCUT2D eigenvalue weighted by Crippen LogP contribution is -2.36. The van der Waals surface area contributed by atoms with Crippen LogP contribution < -0.4 is 14.8 Å². The molecule has 2 rings (SSSR count). The number of hydrogen-bond donors (Lipinski definition) is 1. The third-order valence-electron chi connectivity index (χ3n) is 3.29. The van der Waals surface area contributed by atoms with Crippen LogP contribution >= 0.6 is 0 Å². The fraction of sp³-hybridized carbons (Fsp3) is 0.250. The predicted molar refractivity (Wildman–Crippen MR) is 94.0 cm³/mol. The van der Waals surface area contributed by atoms with Crippen LogP contribution in [0.2, 0.25) is 0 Å². The van der Waals surface area contributed by atoms with Gasteiger partial charge in [-0.3, -0.25) is 4.79 Å². The largest absolute Gasteiger partial charge is 0.481 e. The van der Waals surface area contributed by atoms with E-state index >= 15 is 0 Å². The fourth-order valence-corrected chi connectivity index (χ4v) is 1.98. The molecule has 0 aliphatic carbocycles. The first kappa shape index (κ1) is 17.4. The molecule has 0 fully saturated rings. The number of rotatable bonds is 6. The van der Waals surface area contributed by atoms with Crippen molar-refractivity contribution < 1.29 is 14.3 Å². The lowest BCUT2D eigenvalue weighted by atomic mass is 10.2. The van der Waals surface area contributed by atoms with Crippen LogP contribution in [0, 0.1) is 18.8 Å². The van der Waals surface area contributed by atoms with E-state index in [0.717, 1.165) is 11.3 Å². The lowest BCUT2D eigenvalue weighted by molar-refractivity contribution is -0.126. The van der Waals surface area contributed by atoms with Gasteiger partial charge in [-0.25, -0.2) is 0 Å². The molecule has 4 heteroatoms. The summed E-state index contributed by atoms with van der Waals surface area (Å²) in [7, 11) is 0. The van der Waals surface area contributed by atoms with Crippen molar-refractivity contribution in [2.75, 3.05) is 13.2 Å². The van der Waals surface area contributed by atoms with Crippen LogP contribution in [0.5, 0.6) is 11.5 Å². The highest BCUT2D eigenvalue weighted by Gasteiger charge is 2.13. The molecule has 0 radical (unpaired) electrons. The molecule has 4 nitrogen and oxygen atoms in total. The van der Waals surface area contributed by atoms with Gasteiger partial charge in [-0.1, -0.05) is 48.2 Å². The second-order valence-electron chi connectivity index (χ2n) is 5.20. The Bertz CT molecular complexity index is 716. The van der Waals surface area contributed by atoms with Crippen molar-refractivity contribution in [1.82, 2.24) is 5.32 Å². The zero-order valence-corrected chi connectivity index (χ0v) is 13.9. The number of benzene rings is 2. The van der Waals surface area contributed by atoms with Crippen LogP contribution in [0.4, 0.5) is 0 Å². The van der Waals surface area contributed by atoms with Crippen molar-refractivity contribution in [2.45, 2.75) is 20.0 Å². The highest BCUT2D eigenvalue weighted by Crippen LogP contribution is 2.15. The third-order valence-corrected chi connectivity index (χ3v) is 3.29. The Morgan fingerprint density at radius 3 is 2.54 bits per heavy atom. The van der Waals surface area contributed by atoms with Crippen LogP contribution in [0.15, 0.2) is 54.6 Å². The molecule has 0 aliphatic rings. The molecule has 1 atom stereocenters. The molecule has 24 heavy (non-hydrogen) atoms. The van der Waals surface area contributed by atoms with Gasteiger partial charge in [0.15, 0.2) is 6.10 Å². The van der Waals surface area contributed by atoms with Gasteiger partial charge in [-0.05, 0) is 37.6 Å². The van der Waals surface area contributed by atoms with Crippen LogP contribution in [0.25, 0.3) is 0 Å². The Morgan fingerprint density at radius 1 is 1.08 bits per heavy atom. The van der Waals surface area contributed by atoms with Gasteiger partial charge in [0.05, 0.1) is 6.54 Å². The second kappa shape index (κ2) is 9.26. The quantitative estimate of drug-likeness (QED) is 0.832. The maximum Gasteiger partial charge on any atom is 0.261 e. The first-order valence-electron chi connectivity index (χ1n) is 7.80. The van der Waals surface area contributed by atoms with E-state index in [1.54, 1.807) is 6.92 Å².